The Morgan fingerprint density at radius 3 is 2.52 bits per heavy atom. The zero-order valence-electron chi connectivity index (χ0n) is 22.9. The molecule has 5 rings (SSSR count). The number of amides is 1. The molecule has 0 bridgehead atoms. The van der Waals surface area contributed by atoms with E-state index in [0.717, 1.165) is 0 Å². The van der Waals surface area contributed by atoms with E-state index in [1.54, 1.807) is 34.6 Å². The molecule has 3 aromatic rings. The number of halogens is 1. The fraction of sp³-hybridized carbons (Fsp3) is 0.367. The van der Waals surface area contributed by atoms with Crippen LogP contribution in [0.2, 0.25) is 0 Å². The quantitative estimate of drug-likeness (QED) is 0.475. The average molecular weight is 563 g/mol. The van der Waals surface area contributed by atoms with Crippen molar-refractivity contribution in [1.29, 1.82) is 0 Å². The van der Waals surface area contributed by atoms with E-state index in [4.69, 9.17) is 21.3 Å². The number of carbonyl (C=O) groups excluding carboxylic acids is 1. The van der Waals surface area contributed by atoms with E-state index in [1.807, 2.05) is 61.5 Å². The number of hydrogen-bond acceptors (Lipinski definition) is 6. The van der Waals surface area contributed by atoms with E-state index in [-0.39, 0.29) is 23.9 Å². The third kappa shape index (κ3) is 5.19. The second kappa shape index (κ2) is 11.3. The Morgan fingerprint density at radius 1 is 1.12 bits per heavy atom. The Morgan fingerprint density at radius 2 is 1.82 bits per heavy atom. The summed E-state index contributed by atoms with van der Waals surface area (Å²) < 4.78 is 7.54. The zero-order chi connectivity index (χ0) is 28.4. The van der Waals surface area contributed by atoms with Crippen molar-refractivity contribution < 1.29 is 14.7 Å². The van der Waals surface area contributed by atoms with Crippen LogP contribution in [0.4, 0.5) is 0 Å². The molecule has 2 aromatic carbocycles. The van der Waals surface area contributed by atoms with Gasteiger partial charge in [-0.2, -0.15) is 0 Å². The van der Waals surface area contributed by atoms with Gasteiger partial charge in [-0.1, -0.05) is 35.9 Å². The van der Waals surface area contributed by atoms with Crippen LogP contribution in [0, 0.1) is 4.91 Å². The predicted molar refractivity (Wildman–Crippen MR) is 154 cm³/mol. The topological polar surface area (TPSA) is 98.7 Å². The Hall–Kier alpha value is -3.82. The van der Waals surface area contributed by atoms with E-state index in [9.17, 15) is 14.5 Å². The van der Waals surface area contributed by atoms with Gasteiger partial charge in [0.15, 0.2) is 0 Å². The lowest BCUT2D eigenvalue weighted by atomic mass is 9.91. The molecule has 208 valence electrons. The first-order chi connectivity index (χ1) is 19.3. The van der Waals surface area contributed by atoms with Gasteiger partial charge in [0, 0.05) is 43.0 Å². The molecule has 2 unspecified atom stereocenters. The molecule has 1 fully saturated rings. The van der Waals surface area contributed by atoms with Gasteiger partial charge >= 0.3 is 0 Å². The van der Waals surface area contributed by atoms with Gasteiger partial charge in [0.05, 0.1) is 41.2 Å². The number of nitrogens with zero attached hydrogens (tertiary/aromatic N) is 4. The minimum Gasteiger partial charge on any atom is -0.492 e. The highest BCUT2D eigenvalue weighted by Gasteiger charge is 2.36. The lowest BCUT2D eigenvalue weighted by Gasteiger charge is -2.38. The van der Waals surface area contributed by atoms with Crippen LogP contribution < -0.4 is 15.5 Å². The lowest BCUT2D eigenvalue weighted by Crippen LogP contribution is -2.80. The van der Waals surface area contributed by atoms with Gasteiger partial charge in [-0.15, -0.1) is 0 Å². The Bertz CT molecular complexity index is 1570. The maximum atomic E-state index is 13.9. The van der Waals surface area contributed by atoms with E-state index >= 15 is 0 Å². The first kappa shape index (κ1) is 27.7. The summed E-state index contributed by atoms with van der Waals surface area (Å²) >= 11 is 6.43. The number of para-hydroxylation sites is 3. The number of aromatic nitrogens is 2. The van der Waals surface area contributed by atoms with Gasteiger partial charge in [0.1, 0.15) is 11.6 Å². The number of hydrogen-bond donors (Lipinski definition) is 1. The molecule has 9 nitrogen and oxygen atoms in total. The number of ether oxygens (including phenoxy) is 1. The number of carbonyl (C=O) groups is 1. The minimum atomic E-state index is -0.807. The summed E-state index contributed by atoms with van der Waals surface area (Å²) in [7, 11) is 0. The highest BCUT2D eigenvalue weighted by molar-refractivity contribution is 6.32. The summed E-state index contributed by atoms with van der Waals surface area (Å²) in [6, 6.07) is 14.6. The summed E-state index contributed by atoms with van der Waals surface area (Å²) in [5.74, 6) is 1.08. The van der Waals surface area contributed by atoms with Crippen LogP contribution in [0.3, 0.4) is 0 Å². The highest BCUT2D eigenvalue weighted by atomic mass is 35.5. The number of nitrogens with one attached hydrogen (secondary N) is 1. The number of fused-ring (bicyclic) bond motifs is 1. The fourth-order valence-electron chi connectivity index (χ4n) is 5.32. The molecule has 1 aromatic heterocycles. The Balaban J connectivity index is 1.43. The van der Waals surface area contributed by atoms with Gasteiger partial charge in [-0.05, 0) is 55.4 Å². The molecule has 0 radical (unpaired) electrons. The van der Waals surface area contributed by atoms with Crippen molar-refractivity contribution >= 4 is 28.4 Å². The molecule has 1 aliphatic heterocycles. The average Bonchev–Trinajstić information content (AvgIpc) is 2.97. The monoisotopic (exact) mass is 562 g/mol. The van der Waals surface area contributed by atoms with Gasteiger partial charge in [0.25, 0.3) is 11.5 Å². The second-order valence-electron chi connectivity index (χ2n) is 10.4. The van der Waals surface area contributed by atoms with Crippen molar-refractivity contribution in [3.63, 3.8) is 0 Å². The van der Waals surface area contributed by atoms with Crippen molar-refractivity contribution in [2.24, 2.45) is 0 Å². The predicted octanol–water partition coefficient (Wildman–Crippen LogP) is 3.05. The maximum Gasteiger partial charge on any atom is 0.266 e. The van der Waals surface area contributed by atoms with Gasteiger partial charge in [0.2, 0.25) is 5.54 Å². The summed E-state index contributed by atoms with van der Waals surface area (Å²) in [4.78, 5) is 47.4. The van der Waals surface area contributed by atoms with E-state index in [0.29, 0.717) is 71.6 Å². The number of nitroso groups, excluding NO2 is 1. The van der Waals surface area contributed by atoms with Gasteiger partial charge in [-0.3, -0.25) is 19.1 Å². The highest BCUT2D eigenvalue weighted by Crippen LogP contribution is 2.30. The van der Waals surface area contributed by atoms with Crippen LogP contribution in [0.1, 0.15) is 39.1 Å². The number of rotatable bonds is 7. The van der Waals surface area contributed by atoms with Crippen molar-refractivity contribution in [2.45, 2.75) is 38.8 Å². The van der Waals surface area contributed by atoms with Crippen LogP contribution >= 0.6 is 11.6 Å². The minimum absolute atomic E-state index is 0.145. The van der Waals surface area contributed by atoms with Crippen LogP contribution in [0.5, 0.6) is 5.75 Å². The number of benzene rings is 2. The summed E-state index contributed by atoms with van der Waals surface area (Å²) in [6.07, 6.45) is 3.60. The molecule has 0 saturated carbocycles. The molecule has 1 amide bonds. The standard InChI is InChI=1S/C30H32ClN5O4/c1-4-40-26-12-8-7-11-25(26)36-27(32-24-10-6-5-9-22(24)29(36)38)20(2)34-15-17-35(18-16-34)28(37)21-13-14-30(3,33-39)19-23(21)31/h5-14,20H,4,15-19H2,1-3H3/p+1. The molecule has 40 heavy (non-hydrogen) atoms. The molecule has 2 heterocycles. The van der Waals surface area contributed by atoms with E-state index in [2.05, 4.69) is 4.90 Å². The van der Waals surface area contributed by atoms with E-state index in [1.165, 1.54) is 0 Å². The smallest absolute Gasteiger partial charge is 0.266 e. The van der Waals surface area contributed by atoms with Gasteiger partial charge in [-0.25, -0.2) is 4.98 Å². The number of piperazine rings is 1. The molecule has 1 N–H and O–H groups in total. The first-order valence-corrected chi connectivity index (χ1v) is 13.9. The van der Waals surface area contributed by atoms with Crippen LogP contribution in [-0.2, 0) is 4.79 Å². The van der Waals surface area contributed by atoms with Crippen molar-refractivity contribution in [3.05, 3.63) is 92.4 Å². The van der Waals surface area contributed by atoms with Gasteiger partial charge < -0.3 is 9.64 Å². The fourth-order valence-corrected chi connectivity index (χ4v) is 5.74. The van der Waals surface area contributed by atoms with Crippen molar-refractivity contribution in [3.8, 4) is 11.4 Å². The third-order valence-corrected chi connectivity index (χ3v) is 7.96. The van der Waals surface area contributed by atoms with Crippen molar-refractivity contribution in [2.75, 3.05) is 32.8 Å². The first-order valence-electron chi connectivity index (χ1n) is 13.5. The molecule has 1 saturated heterocycles. The van der Waals surface area contributed by atoms with Crippen molar-refractivity contribution in [1.82, 2.24) is 19.4 Å². The Labute approximate surface area is 237 Å². The zero-order valence-corrected chi connectivity index (χ0v) is 23.6. The van der Waals surface area contributed by atoms with Crippen LogP contribution in [-0.4, -0.2) is 63.6 Å². The molecule has 2 aliphatic rings. The molecular formula is C30H33ClN5O4+. The molecule has 2 atom stereocenters. The Kier molecular flexibility index (Phi) is 7.87. The van der Waals surface area contributed by atoms with E-state index < -0.39 is 5.54 Å². The molecular weight excluding hydrogens is 530 g/mol. The van der Waals surface area contributed by atoms with Crippen LogP contribution in [0.15, 0.2) is 76.1 Å². The largest absolute Gasteiger partial charge is 0.492 e. The third-order valence-electron chi connectivity index (χ3n) is 7.63. The summed E-state index contributed by atoms with van der Waals surface area (Å²) in [5.41, 5.74) is 0.748. The maximum absolute atomic E-state index is 13.9. The second-order valence-corrected chi connectivity index (χ2v) is 10.8. The lowest BCUT2D eigenvalue weighted by molar-refractivity contribution is -0.553. The van der Waals surface area contributed by atoms with Crippen LogP contribution in [0.25, 0.3) is 16.6 Å². The molecule has 1 aliphatic carbocycles. The molecule has 10 heteroatoms. The SMILES string of the molecule is CCOc1ccccc1-n1c(C(C)N2CCN(C(=O)C3=C(Cl)CC(C)([NH+]=O)C=C3)CC2)nc2ccccc2c1=O. The normalized spacial score (nSPS) is 20.6. The summed E-state index contributed by atoms with van der Waals surface area (Å²) in [6.45, 7) is 8.34. The molecule has 0 spiro atoms. The summed E-state index contributed by atoms with van der Waals surface area (Å²) in [5, 5.41) is 2.92.